The second-order valence-corrected chi connectivity index (χ2v) is 6.50. The van der Waals surface area contributed by atoms with Gasteiger partial charge in [0.25, 0.3) is 5.69 Å². The Morgan fingerprint density at radius 1 is 1.39 bits per heavy atom. The van der Waals surface area contributed by atoms with E-state index in [2.05, 4.69) is 11.8 Å². The van der Waals surface area contributed by atoms with Gasteiger partial charge >= 0.3 is 0 Å². The molecule has 1 saturated heterocycles. The third kappa shape index (κ3) is 4.34. The monoisotopic (exact) mass is 322 g/mol. The number of nitro groups is 1. The summed E-state index contributed by atoms with van der Waals surface area (Å²) in [5, 5.41) is 20.5. The maximum absolute atomic E-state index is 10.9. The van der Waals surface area contributed by atoms with Gasteiger partial charge in [0.2, 0.25) is 0 Å². The van der Waals surface area contributed by atoms with E-state index >= 15 is 0 Å². The first kappa shape index (κ1) is 17.5. The second-order valence-electron chi connectivity index (χ2n) is 6.50. The molecule has 0 aliphatic carbocycles. The van der Waals surface area contributed by atoms with E-state index in [-0.39, 0.29) is 11.8 Å². The van der Waals surface area contributed by atoms with Gasteiger partial charge in [0, 0.05) is 19.2 Å². The van der Waals surface area contributed by atoms with Crippen LogP contribution in [0.5, 0.6) is 5.75 Å². The third-order valence-corrected chi connectivity index (χ3v) is 4.86. The molecule has 0 bridgehead atoms. The number of non-ortho nitro benzene ring substituents is 1. The van der Waals surface area contributed by atoms with Crippen LogP contribution in [-0.2, 0) is 0 Å². The molecule has 0 saturated carbocycles. The highest BCUT2D eigenvalue weighted by atomic mass is 16.6. The van der Waals surface area contributed by atoms with Crippen molar-refractivity contribution in [2.45, 2.75) is 39.2 Å². The molecule has 1 aromatic carbocycles. The first-order chi connectivity index (χ1) is 10.9. The lowest BCUT2D eigenvalue weighted by molar-refractivity contribution is -0.384. The molecule has 1 fully saturated rings. The molecule has 1 N–H and O–H groups in total. The van der Waals surface area contributed by atoms with Gasteiger partial charge in [-0.3, -0.25) is 10.1 Å². The summed E-state index contributed by atoms with van der Waals surface area (Å²) in [4.78, 5) is 12.7. The number of aliphatic hydroxyl groups is 1. The number of hydrogen-bond donors (Lipinski definition) is 1. The van der Waals surface area contributed by atoms with E-state index in [9.17, 15) is 15.2 Å². The molecule has 2 rings (SSSR count). The van der Waals surface area contributed by atoms with E-state index in [4.69, 9.17) is 4.74 Å². The Bertz CT molecular complexity index is 539. The van der Waals surface area contributed by atoms with Crippen LogP contribution in [0.15, 0.2) is 18.2 Å². The fraction of sp³-hybridized carbons (Fsp3) is 0.647. The molecular weight excluding hydrogens is 296 g/mol. The van der Waals surface area contributed by atoms with E-state index in [0.717, 1.165) is 38.0 Å². The largest absolute Gasteiger partial charge is 0.494 e. The maximum atomic E-state index is 10.9. The van der Waals surface area contributed by atoms with E-state index in [0.29, 0.717) is 17.6 Å². The van der Waals surface area contributed by atoms with Gasteiger partial charge in [0.15, 0.2) is 0 Å². The van der Waals surface area contributed by atoms with Crippen molar-refractivity contribution >= 4 is 11.4 Å². The molecule has 0 radical (unpaired) electrons. The molecule has 0 amide bonds. The van der Waals surface area contributed by atoms with Gasteiger partial charge in [-0.1, -0.05) is 6.92 Å². The Morgan fingerprint density at radius 3 is 2.57 bits per heavy atom. The summed E-state index contributed by atoms with van der Waals surface area (Å²) in [5.41, 5.74) is 0.964. The molecule has 23 heavy (non-hydrogen) atoms. The van der Waals surface area contributed by atoms with Crippen LogP contribution in [-0.4, -0.2) is 36.3 Å². The predicted octanol–water partition coefficient (Wildman–Crippen LogP) is 3.23. The Morgan fingerprint density at radius 2 is 2.04 bits per heavy atom. The van der Waals surface area contributed by atoms with E-state index in [1.165, 1.54) is 12.1 Å². The Labute approximate surface area is 137 Å². The molecule has 1 aliphatic heterocycles. The van der Waals surface area contributed by atoms with Crippen molar-refractivity contribution in [3.8, 4) is 5.75 Å². The summed E-state index contributed by atoms with van der Waals surface area (Å²) in [5.74, 6) is 1.50. The van der Waals surface area contributed by atoms with Crippen LogP contribution in [0.1, 0.15) is 33.1 Å². The van der Waals surface area contributed by atoms with Gasteiger partial charge in [-0.25, -0.2) is 0 Å². The van der Waals surface area contributed by atoms with Crippen LogP contribution in [0.2, 0.25) is 0 Å². The number of nitro benzene ring substituents is 1. The molecule has 0 aromatic heterocycles. The molecule has 6 nitrogen and oxygen atoms in total. The number of methoxy groups -OCH3 is 1. The summed E-state index contributed by atoms with van der Waals surface area (Å²) in [6.45, 7) is 5.76. The van der Waals surface area contributed by atoms with Gasteiger partial charge in [-0.2, -0.15) is 0 Å². The second kappa shape index (κ2) is 7.64. The molecular formula is C17H26N2O4. The Hall–Kier alpha value is -1.82. The van der Waals surface area contributed by atoms with E-state index < -0.39 is 4.92 Å². The SMILES string of the molecule is COc1cc([N+](=O)[O-])ccc1N1CCC(C[C@@H](C)C(C)O)CC1. The van der Waals surface area contributed by atoms with Gasteiger partial charge in [-0.05, 0) is 44.1 Å². The number of hydrogen-bond acceptors (Lipinski definition) is 5. The lowest BCUT2D eigenvalue weighted by atomic mass is 9.86. The Kier molecular flexibility index (Phi) is 5.82. The lowest BCUT2D eigenvalue weighted by Gasteiger charge is -2.35. The average molecular weight is 322 g/mol. The third-order valence-electron chi connectivity index (χ3n) is 4.86. The number of aliphatic hydroxyl groups excluding tert-OH is 1. The minimum Gasteiger partial charge on any atom is -0.494 e. The fourth-order valence-electron chi connectivity index (χ4n) is 3.17. The number of rotatable bonds is 6. The average Bonchev–Trinajstić information content (AvgIpc) is 2.54. The van der Waals surface area contributed by atoms with Crippen molar-refractivity contribution < 1.29 is 14.8 Å². The van der Waals surface area contributed by atoms with E-state index in [1.807, 2.05) is 6.92 Å². The van der Waals surface area contributed by atoms with Gasteiger partial charge < -0.3 is 14.7 Å². The van der Waals surface area contributed by atoms with E-state index in [1.54, 1.807) is 13.2 Å². The van der Waals surface area contributed by atoms with Crippen molar-refractivity contribution in [1.82, 2.24) is 0 Å². The number of piperidine rings is 1. The van der Waals surface area contributed by atoms with Crippen LogP contribution < -0.4 is 9.64 Å². The number of nitrogens with zero attached hydrogens (tertiary/aromatic N) is 2. The number of anilines is 1. The molecule has 1 unspecified atom stereocenters. The van der Waals surface area contributed by atoms with Crippen LogP contribution in [0.3, 0.4) is 0 Å². The smallest absolute Gasteiger partial charge is 0.273 e. The first-order valence-corrected chi connectivity index (χ1v) is 8.17. The molecule has 128 valence electrons. The minimum atomic E-state index is -0.407. The predicted molar refractivity (Wildman–Crippen MR) is 90.0 cm³/mol. The van der Waals surface area contributed by atoms with Crippen molar-refractivity contribution in [2.24, 2.45) is 11.8 Å². The number of benzene rings is 1. The molecule has 2 atom stereocenters. The molecule has 6 heteroatoms. The highest BCUT2D eigenvalue weighted by molar-refractivity contribution is 5.62. The summed E-state index contributed by atoms with van der Waals surface area (Å²) < 4.78 is 5.33. The summed E-state index contributed by atoms with van der Waals surface area (Å²) in [6, 6.07) is 4.78. The highest BCUT2D eigenvalue weighted by Gasteiger charge is 2.24. The quantitative estimate of drug-likeness (QED) is 0.643. The molecule has 1 aromatic rings. The van der Waals surface area contributed by atoms with Gasteiger partial charge in [0.1, 0.15) is 5.75 Å². The van der Waals surface area contributed by atoms with Gasteiger partial charge in [0.05, 0.1) is 29.9 Å². The molecule has 1 aliphatic rings. The van der Waals surface area contributed by atoms with Gasteiger partial charge in [-0.15, -0.1) is 0 Å². The number of ether oxygens (including phenoxy) is 1. The van der Waals surface area contributed by atoms with Crippen molar-refractivity contribution in [2.75, 3.05) is 25.1 Å². The van der Waals surface area contributed by atoms with Crippen molar-refractivity contribution in [3.63, 3.8) is 0 Å². The molecule has 0 spiro atoms. The van der Waals surface area contributed by atoms with Crippen LogP contribution >= 0.6 is 0 Å². The highest BCUT2D eigenvalue weighted by Crippen LogP contribution is 2.35. The maximum Gasteiger partial charge on any atom is 0.273 e. The lowest BCUT2D eigenvalue weighted by Crippen LogP contribution is -2.35. The van der Waals surface area contributed by atoms with Crippen molar-refractivity contribution in [1.29, 1.82) is 0 Å². The summed E-state index contributed by atoms with van der Waals surface area (Å²) in [7, 11) is 1.54. The zero-order valence-corrected chi connectivity index (χ0v) is 14.1. The fourth-order valence-corrected chi connectivity index (χ4v) is 3.17. The van der Waals surface area contributed by atoms with Crippen molar-refractivity contribution in [3.05, 3.63) is 28.3 Å². The first-order valence-electron chi connectivity index (χ1n) is 8.17. The molecule has 1 heterocycles. The topological polar surface area (TPSA) is 75.8 Å². The standard InChI is InChI=1S/C17H26N2O4/c1-12(13(2)20)10-14-6-8-18(9-7-14)16-5-4-15(19(21)22)11-17(16)23-3/h4-5,11-14,20H,6-10H2,1-3H3/t12-,13?/m1/s1. The Balaban J connectivity index is 2.01. The van der Waals surface area contributed by atoms with Crippen LogP contribution in [0.4, 0.5) is 11.4 Å². The van der Waals surface area contributed by atoms with Crippen LogP contribution in [0, 0.1) is 22.0 Å². The summed E-state index contributed by atoms with van der Waals surface area (Å²) in [6.07, 6.45) is 2.92. The zero-order valence-electron chi connectivity index (χ0n) is 14.1. The van der Waals surface area contributed by atoms with Crippen LogP contribution in [0.25, 0.3) is 0 Å². The summed E-state index contributed by atoms with van der Waals surface area (Å²) >= 11 is 0. The zero-order chi connectivity index (χ0) is 17.0. The normalized spacial score (nSPS) is 18.5. The minimum absolute atomic E-state index is 0.0474.